The third-order valence-electron chi connectivity index (χ3n) is 1.99. The van der Waals surface area contributed by atoms with E-state index < -0.39 is 5.97 Å². The number of aryl methyl sites for hydroxylation is 2. The van der Waals surface area contributed by atoms with Gasteiger partial charge >= 0.3 is 11.8 Å². The van der Waals surface area contributed by atoms with Crippen molar-refractivity contribution in [1.82, 2.24) is 4.57 Å². The Hall–Kier alpha value is -1.32. The smallest absolute Gasteiger partial charge is 0.419 e. The molecule has 4 heteroatoms. The maximum absolute atomic E-state index is 10.8. The van der Waals surface area contributed by atoms with Crippen molar-refractivity contribution in [3.63, 3.8) is 0 Å². The van der Waals surface area contributed by atoms with Crippen LogP contribution in [0.3, 0.4) is 0 Å². The van der Waals surface area contributed by atoms with E-state index in [1.54, 1.807) is 16.2 Å². The van der Waals surface area contributed by atoms with E-state index in [1.807, 2.05) is 20.0 Å². The van der Waals surface area contributed by atoms with Crippen molar-refractivity contribution in [3.8, 4) is 0 Å². The minimum Gasteiger partial charge on any atom is -0.472 e. The molecule has 1 aromatic heterocycles. The first kappa shape index (κ1) is 8.77. The van der Waals surface area contributed by atoms with Crippen LogP contribution in [-0.2, 0) is 13.6 Å². The fourth-order valence-electron chi connectivity index (χ4n) is 1.24. The first-order chi connectivity index (χ1) is 5.57. The number of imidazole rings is 1. The monoisotopic (exact) mass is 169 g/mol. The maximum atomic E-state index is 10.8. The molecule has 0 aliphatic heterocycles. The van der Waals surface area contributed by atoms with Crippen molar-refractivity contribution in [2.24, 2.45) is 7.05 Å². The molecule has 0 aliphatic rings. The molecule has 1 rings (SSSR count). The molecule has 1 heterocycles. The second kappa shape index (κ2) is 2.97. The second-order valence-electron chi connectivity index (χ2n) is 2.74. The molecule has 0 fully saturated rings. The van der Waals surface area contributed by atoms with Crippen molar-refractivity contribution in [3.05, 3.63) is 17.7 Å². The fourth-order valence-corrected chi connectivity index (χ4v) is 1.24. The topological polar surface area (TPSA) is 46.1 Å². The molecule has 1 aromatic rings. The molecular formula is C8H13N2O2+. The van der Waals surface area contributed by atoms with Crippen molar-refractivity contribution in [2.45, 2.75) is 20.4 Å². The largest absolute Gasteiger partial charge is 0.472 e. The van der Waals surface area contributed by atoms with Crippen LogP contribution in [0.2, 0.25) is 0 Å². The number of aromatic carboxylic acids is 1. The van der Waals surface area contributed by atoms with Gasteiger partial charge in [0, 0.05) is 6.92 Å². The second-order valence-corrected chi connectivity index (χ2v) is 2.74. The predicted molar refractivity (Wildman–Crippen MR) is 43.0 cm³/mol. The summed E-state index contributed by atoms with van der Waals surface area (Å²) in [7, 11) is 1.75. The standard InChI is InChI=1S/C8H12N2O2/c1-4-10-5-6(2)9(3)7(10)8(11)12/h5H,4H2,1-3H3/p+1. The van der Waals surface area contributed by atoms with Gasteiger partial charge in [-0.25, -0.2) is 13.9 Å². The van der Waals surface area contributed by atoms with E-state index in [9.17, 15) is 4.79 Å². The van der Waals surface area contributed by atoms with Gasteiger partial charge in [0.15, 0.2) is 0 Å². The summed E-state index contributed by atoms with van der Waals surface area (Å²) in [6, 6.07) is 0. The van der Waals surface area contributed by atoms with Crippen LogP contribution in [0.5, 0.6) is 0 Å². The summed E-state index contributed by atoms with van der Waals surface area (Å²) in [5.41, 5.74) is 0.953. The molecule has 0 aliphatic carbocycles. The van der Waals surface area contributed by atoms with E-state index in [2.05, 4.69) is 0 Å². The number of hydrogen-bond donors (Lipinski definition) is 1. The van der Waals surface area contributed by atoms with Crippen molar-refractivity contribution in [1.29, 1.82) is 0 Å². The van der Waals surface area contributed by atoms with Crippen LogP contribution >= 0.6 is 0 Å². The lowest BCUT2D eigenvalue weighted by molar-refractivity contribution is -0.695. The van der Waals surface area contributed by atoms with Crippen molar-refractivity contribution < 1.29 is 14.5 Å². The van der Waals surface area contributed by atoms with E-state index in [1.165, 1.54) is 0 Å². The summed E-state index contributed by atoms with van der Waals surface area (Å²) in [5, 5.41) is 8.85. The number of carboxylic acids is 1. The highest BCUT2D eigenvalue weighted by Crippen LogP contribution is 1.98. The summed E-state index contributed by atoms with van der Waals surface area (Å²) in [4.78, 5) is 10.8. The third kappa shape index (κ3) is 1.20. The lowest BCUT2D eigenvalue weighted by Gasteiger charge is -1.93. The Balaban J connectivity index is 3.31. The van der Waals surface area contributed by atoms with Gasteiger partial charge < -0.3 is 5.11 Å². The molecule has 0 bridgehead atoms. The zero-order chi connectivity index (χ0) is 9.30. The van der Waals surface area contributed by atoms with E-state index in [0.717, 1.165) is 5.69 Å². The molecule has 0 amide bonds. The highest BCUT2D eigenvalue weighted by Gasteiger charge is 2.23. The van der Waals surface area contributed by atoms with Crippen LogP contribution in [0.25, 0.3) is 0 Å². The number of hydrogen-bond acceptors (Lipinski definition) is 1. The minimum absolute atomic E-state index is 0.329. The first-order valence-electron chi connectivity index (χ1n) is 3.87. The molecule has 4 nitrogen and oxygen atoms in total. The van der Waals surface area contributed by atoms with E-state index in [0.29, 0.717) is 12.4 Å². The average Bonchev–Trinajstić information content (AvgIpc) is 2.28. The van der Waals surface area contributed by atoms with Crippen LogP contribution < -0.4 is 4.57 Å². The SMILES string of the molecule is CC[n+]1cc(C)n(C)c1C(=O)O. The Morgan fingerprint density at radius 2 is 2.33 bits per heavy atom. The van der Waals surface area contributed by atoms with Gasteiger partial charge in [-0.2, -0.15) is 0 Å². The van der Waals surface area contributed by atoms with E-state index in [4.69, 9.17) is 5.11 Å². The molecule has 66 valence electrons. The minimum atomic E-state index is -0.882. The zero-order valence-corrected chi connectivity index (χ0v) is 7.53. The van der Waals surface area contributed by atoms with Crippen LogP contribution in [0.4, 0.5) is 0 Å². The molecule has 12 heavy (non-hydrogen) atoms. The molecule has 0 unspecified atom stereocenters. The molecule has 0 atom stereocenters. The number of aromatic nitrogens is 2. The van der Waals surface area contributed by atoms with Crippen LogP contribution in [-0.4, -0.2) is 15.6 Å². The summed E-state index contributed by atoms with van der Waals surface area (Å²) in [6.45, 7) is 4.49. The van der Waals surface area contributed by atoms with Gasteiger partial charge in [-0.1, -0.05) is 0 Å². The number of carboxylic acid groups (broad SMARTS) is 1. The maximum Gasteiger partial charge on any atom is 0.419 e. The number of carbonyl (C=O) groups is 1. The van der Waals surface area contributed by atoms with Gasteiger partial charge in [0.2, 0.25) is 0 Å². The van der Waals surface area contributed by atoms with Crippen LogP contribution in [0.1, 0.15) is 23.2 Å². The average molecular weight is 169 g/mol. The Morgan fingerprint density at radius 1 is 1.75 bits per heavy atom. The predicted octanol–water partition coefficient (Wildman–Crippen LogP) is 0.339. The van der Waals surface area contributed by atoms with Gasteiger partial charge in [0.25, 0.3) is 0 Å². The highest BCUT2D eigenvalue weighted by molar-refractivity contribution is 5.81. The van der Waals surface area contributed by atoms with Gasteiger partial charge in [-0.3, -0.25) is 0 Å². The Bertz CT molecular complexity index is 315. The highest BCUT2D eigenvalue weighted by atomic mass is 16.4. The Kier molecular flexibility index (Phi) is 2.17. The lowest BCUT2D eigenvalue weighted by atomic mass is 10.5. The molecule has 0 saturated carbocycles. The van der Waals surface area contributed by atoms with E-state index in [-0.39, 0.29) is 0 Å². The van der Waals surface area contributed by atoms with Crippen LogP contribution in [0.15, 0.2) is 6.20 Å². The molecule has 0 spiro atoms. The lowest BCUT2D eigenvalue weighted by Crippen LogP contribution is -2.38. The number of rotatable bonds is 2. The Morgan fingerprint density at radius 3 is 2.67 bits per heavy atom. The number of nitrogens with zero attached hydrogens (tertiary/aromatic N) is 2. The van der Waals surface area contributed by atoms with Crippen molar-refractivity contribution >= 4 is 5.97 Å². The quantitative estimate of drug-likeness (QED) is 0.649. The summed E-state index contributed by atoms with van der Waals surface area (Å²) < 4.78 is 3.39. The molecular weight excluding hydrogens is 156 g/mol. The van der Waals surface area contributed by atoms with Gasteiger partial charge in [-0.15, -0.1) is 0 Å². The zero-order valence-electron chi connectivity index (χ0n) is 7.53. The normalized spacial score (nSPS) is 10.2. The van der Waals surface area contributed by atoms with Gasteiger partial charge in [0.05, 0.1) is 13.6 Å². The molecule has 0 radical (unpaired) electrons. The fraction of sp³-hybridized carbons (Fsp3) is 0.500. The molecule has 1 N–H and O–H groups in total. The van der Waals surface area contributed by atoms with Gasteiger partial charge in [0.1, 0.15) is 11.9 Å². The summed E-state index contributed by atoms with van der Waals surface area (Å²) in [5.74, 6) is -0.553. The van der Waals surface area contributed by atoms with Gasteiger partial charge in [-0.05, 0) is 6.92 Å². The van der Waals surface area contributed by atoms with Crippen LogP contribution in [0, 0.1) is 6.92 Å². The molecule has 0 aromatic carbocycles. The molecule has 0 saturated heterocycles. The summed E-state index contributed by atoms with van der Waals surface area (Å²) >= 11 is 0. The van der Waals surface area contributed by atoms with Crippen molar-refractivity contribution in [2.75, 3.05) is 0 Å². The van der Waals surface area contributed by atoms with E-state index >= 15 is 0 Å². The first-order valence-corrected chi connectivity index (χ1v) is 3.87. The Labute approximate surface area is 71.1 Å². The third-order valence-corrected chi connectivity index (χ3v) is 1.99. The summed E-state index contributed by atoms with van der Waals surface area (Å²) in [6.07, 6.45) is 1.84.